The minimum Gasteiger partial charge on any atom is -0.393 e. The lowest BCUT2D eigenvalue weighted by Gasteiger charge is -2.33. The Morgan fingerprint density at radius 1 is 1.00 bits per heavy atom. The summed E-state index contributed by atoms with van der Waals surface area (Å²) in [5, 5.41) is 9.67. The maximum Gasteiger partial charge on any atom is 0.0515 e. The summed E-state index contributed by atoms with van der Waals surface area (Å²) >= 11 is 13.0. The molecule has 20 heavy (non-hydrogen) atoms. The Labute approximate surface area is 136 Å². The predicted octanol–water partition coefficient (Wildman–Crippen LogP) is 6.14. The molecule has 3 heteroatoms. The van der Waals surface area contributed by atoms with Crippen LogP contribution < -0.4 is 0 Å². The second-order valence-electron chi connectivity index (χ2n) is 6.68. The summed E-state index contributed by atoms with van der Waals surface area (Å²) in [6.45, 7) is 8.06. The van der Waals surface area contributed by atoms with Gasteiger partial charge in [-0.2, -0.15) is 0 Å². The molecule has 0 saturated carbocycles. The maximum atomic E-state index is 9.61. The van der Waals surface area contributed by atoms with Gasteiger partial charge in [0, 0.05) is 10.3 Å². The molecule has 1 nitrogen and oxygen atoms in total. The van der Waals surface area contributed by atoms with E-state index in [2.05, 4.69) is 6.92 Å². The number of hydrogen-bond acceptors (Lipinski definition) is 1. The van der Waals surface area contributed by atoms with Crippen LogP contribution in [0.5, 0.6) is 0 Å². The molecule has 0 saturated heterocycles. The second-order valence-corrected chi connectivity index (χ2v) is 8.22. The molecule has 0 spiro atoms. The second kappa shape index (κ2) is 11.2. The maximum absolute atomic E-state index is 9.61. The van der Waals surface area contributed by atoms with Crippen LogP contribution in [0, 0.1) is 5.92 Å². The zero-order chi connectivity index (χ0) is 15.6. The smallest absolute Gasteiger partial charge is 0.0515 e. The van der Waals surface area contributed by atoms with Gasteiger partial charge in [0.25, 0.3) is 0 Å². The van der Waals surface area contributed by atoms with Gasteiger partial charge in [0.15, 0.2) is 0 Å². The van der Waals surface area contributed by atoms with Crippen LogP contribution in [-0.2, 0) is 0 Å². The molecule has 0 fully saturated rings. The van der Waals surface area contributed by atoms with Gasteiger partial charge < -0.3 is 5.11 Å². The molecule has 0 heterocycles. The Kier molecular flexibility index (Phi) is 11.5. The third-order valence-corrected chi connectivity index (χ3v) is 4.80. The van der Waals surface area contributed by atoms with Crippen molar-refractivity contribution in [3.8, 4) is 0 Å². The molecule has 0 aromatic rings. The molecule has 1 N–H and O–H groups in total. The molecular weight excluding hydrogens is 291 g/mol. The summed E-state index contributed by atoms with van der Waals surface area (Å²) in [7, 11) is 0. The van der Waals surface area contributed by atoms with Crippen molar-refractivity contribution < 1.29 is 5.11 Å². The number of alkyl halides is 2. The molecule has 0 aliphatic carbocycles. The zero-order valence-corrected chi connectivity index (χ0v) is 15.3. The highest BCUT2D eigenvalue weighted by molar-refractivity contribution is 6.25. The molecule has 0 radical (unpaired) electrons. The van der Waals surface area contributed by atoms with Crippen LogP contribution in [0.3, 0.4) is 0 Å². The summed E-state index contributed by atoms with van der Waals surface area (Å²) < 4.78 is 0. The lowest BCUT2D eigenvalue weighted by molar-refractivity contribution is 0.146. The van der Waals surface area contributed by atoms with Crippen molar-refractivity contribution in [2.24, 2.45) is 5.92 Å². The van der Waals surface area contributed by atoms with Gasteiger partial charge >= 0.3 is 0 Å². The highest BCUT2D eigenvalue weighted by Crippen LogP contribution is 2.35. The van der Waals surface area contributed by atoms with Crippen LogP contribution in [-0.4, -0.2) is 21.5 Å². The third-order valence-electron chi connectivity index (χ3n) is 4.00. The average Bonchev–Trinajstić information content (AvgIpc) is 2.33. The number of rotatable bonds is 12. The SMILES string of the molecule is CCCCCCCCCC(Cl)C(CC(C)O)C(C)(C)Cl. The van der Waals surface area contributed by atoms with E-state index in [1.807, 2.05) is 20.8 Å². The van der Waals surface area contributed by atoms with Crippen molar-refractivity contribution in [2.45, 2.75) is 102 Å². The van der Waals surface area contributed by atoms with E-state index in [4.69, 9.17) is 23.2 Å². The summed E-state index contributed by atoms with van der Waals surface area (Å²) in [5.41, 5.74) is 0. The summed E-state index contributed by atoms with van der Waals surface area (Å²) in [4.78, 5) is -0.357. The largest absolute Gasteiger partial charge is 0.393 e. The fraction of sp³-hybridized carbons (Fsp3) is 1.00. The van der Waals surface area contributed by atoms with Gasteiger partial charge in [0.1, 0.15) is 0 Å². The van der Waals surface area contributed by atoms with Crippen molar-refractivity contribution in [3.63, 3.8) is 0 Å². The topological polar surface area (TPSA) is 20.2 Å². The highest BCUT2D eigenvalue weighted by Gasteiger charge is 2.33. The quantitative estimate of drug-likeness (QED) is 0.337. The number of halogens is 2. The Morgan fingerprint density at radius 2 is 1.50 bits per heavy atom. The van der Waals surface area contributed by atoms with Crippen molar-refractivity contribution in [1.29, 1.82) is 0 Å². The standard InChI is InChI=1S/C17H34Cl2O/c1-5-6-7-8-9-10-11-12-16(18)15(13-14(2)20)17(3,4)19/h14-16,20H,5-13H2,1-4H3. The average molecular weight is 325 g/mol. The van der Waals surface area contributed by atoms with Crippen LogP contribution in [0.2, 0.25) is 0 Å². The van der Waals surface area contributed by atoms with Gasteiger partial charge in [-0.1, -0.05) is 51.9 Å². The van der Waals surface area contributed by atoms with E-state index < -0.39 is 0 Å². The van der Waals surface area contributed by atoms with Gasteiger partial charge in [-0.05, 0) is 39.5 Å². The van der Waals surface area contributed by atoms with Crippen LogP contribution in [0.1, 0.15) is 85.5 Å². The van der Waals surface area contributed by atoms with E-state index in [0.29, 0.717) is 6.42 Å². The van der Waals surface area contributed by atoms with E-state index in [0.717, 1.165) is 6.42 Å². The normalized spacial score (nSPS) is 16.9. The molecule has 3 atom stereocenters. The summed E-state index contributed by atoms with van der Waals surface area (Å²) in [6, 6.07) is 0. The molecule has 3 unspecified atom stereocenters. The van der Waals surface area contributed by atoms with Gasteiger partial charge in [0.2, 0.25) is 0 Å². The third kappa shape index (κ3) is 10.3. The first-order valence-corrected chi connectivity index (χ1v) is 9.11. The molecule has 0 aromatic heterocycles. The first kappa shape index (κ1) is 20.5. The monoisotopic (exact) mass is 324 g/mol. The minimum absolute atomic E-state index is 0.0627. The van der Waals surface area contributed by atoms with E-state index in [1.54, 1.807) is 0 Å². The molecule has 122 valence electrons. The molecule has 0 amide bonds. The van der Waals surface area contributed by atoms with Gasteiger partial charge in [0.05, 0.1) is 6.10 Å². The molecule has 0 rings (SSSR count). The van der Waals surface area contributed by atoms with Crippen molar-refractivity contribution in [1.82, 2.24) is 0 Å². The van der Waals surface area contributed by atoms with E-state index in [9.17, 15) is 5.11 Å². The van der Waals surface area contributed by atoms with Gasteiger partial charge in [-0.3, -0.25) is 0 Å². The van der Waals surface area contributed by atoms with E-state index in [1.165, 1.54) is 44.9 Å². The van der Waals surface area contributed by atoms with Crippen LogP contribution in [0.4, 0.5) is 0 Å². The number of unbranched alkanes of at least 4 members (excludes halogenated alkanes) is 6. The lowest BCUT2D eigenvalue weighted by Crippen LogP contribution is -2.34. The number of aliphatic hydroxyl groups is 1. The fourth-order valence-electron chi connectivity index (χ4n) is 2.72. The van der Waals surface area contributed by atoms with Gasteiger partial charge in [-0.25, -0.2) is 0 Å². The highest BCUT2D eigenvalue weighted by atomic mass is 35.5. The number of hydrogen-bond donors (Lipinski definition) is 1. The molecule has 0 bridgehead atoms. The Balaban J connectivity index is 3.93. The minimum atomic E-state index is -0.357. The van der Waals surface area contributed by atoms with Crippen molar-refractivity contribution in [3.05, 3.63) is 0 Å². The Bertz CT molecular complexity index is 224. The van der Waals surface area contributed by atoms with Crippen LogP contribution in [0.15, 0.2) is 0 Å². The molecule has 0 aliphatic rings. The van der Waals surface area contributed by atoms with Crippen LogP contribution in [0.25, 0.3) is 0 Å². The molecule has 0 aliphatic heterocycles. The molecule has 0 aromatic carbocycles. The molecular formula is C17H34Cl2O. The predicted molar refractivity (Wildman–Crippen MR) is 92.0 cm³/mol. The number of aliphatic hydroxyl groups excluding tert-OH is 1. The van der Waals surface area contributed by atoms with Gasteiger partial charge in [-0.15, -0.1) is 23.2 Å². The summed E-state index contributed by atoms with van der Waals surface area (Å²) in [6.07, 6.45) is 10.5. The lowest BCUT2D eigenvalue weighted by atomic mass is 9.84. The zero-order valence-electron chi connectivity index (χ0n) is 13.8. The Morgan fingerprint density at radius 3 is 1.95 bits per heavy atom. The fourth-order valence-corrected chi connectivity index (χ4v) is 3.60. The van der Waals surface area contributed by atoms with Crippen molar-refractivity contribution in [2.75, 3.05) is 0 Å². The van der Waals surface area contributed by atoms with Crippen LogP contribution >= 0.6 is 23.2 Å². The summed E-state index contributed by atoms with van der Waals surface area (Å²) in [5.74, 6) is 0.158. The van der Waals surface area contributed by atoms with E-state index >= 15 is 0 Å². The first-order chi connectivity index (χ1) is 9.29. The van der Waals surface area contributed by atoms with E-state index in [-0.39, 0.29) is 22.3 Å². The first-order valence-electron chi connectivity index (χ1n) is 8.30. The van der Waals surface area contributed by atoms with Crippen molar-refractivity contribution >= 4 is 23.2 Å². The Hall–Kier alpha value is 0.540.